The van der Waals surface area contributed by atoms with Crippen molar-refractivity contribution in [3.8, 4) is 17.1 Å². The third-order valence-electron chi connectivity index (χ3n) is 5.54. The van der Waals surface area contributed by atoms with Gasteiger partial charge in [-0.1, -0.05) is 32.0 Å². The Hall–Kier alpha value is -3.32. The molecule has 0 amide bonds. The molecule has 1 unspecified atom stereocenters. The molecule has 0 aliphatic rings. The van der Waals surface area contributed by atoms with Gasteiger partial charge in [-0.05, 0) is 54.5 Å². The fraction of sp³-hybridized carbons (Fsp3) is 0.292. The van der Waals surface area contributed by atoms with E-state index in [4.69, 9.17) is 0 Å². The Morgan fingerprint density at radius 3 is 2.42 bits per heavy atom. The molecule has 0 bridgehead atoms. The first-order chi connectivity index (χ1) is 14.7. The standard InChI is InChI=1S/C24H25FN4O2/c1-13(2)19-12-29(21-9-7-6-8-14(21)3)24(31)17-11-20(25)18(10-16(17)19)22-26-23(15(4)30)28(5)27-22/h6-13,15,30H,1-5H3. The molecule has 4 aromatic rings. The summed E-state index contributed by atoms with van der Waals surface area (Å²) in [4.78, 5) is 17.6. The van der Waals surface area contributed by atoms with Crippen LogP contribution in [-0.2, 0) is 7.05 Å². The summed E-state index contributed by atoms with van der Waals surface area (Å²) < 4.78 is 18.2. The zero-order valence-electron chi connectivity index (χ0n) is 18.2. The molecule has 1 atom stereocenters. The summed E-state index contributed by atoms with van der Waals surface area (Å²) >= 11 is 0. The fourth-order valence-electron chi connectivity index (χ4n) is 3.90. The first-order valence-corrected chi connectivity index (χ1v) is 10.2. The molecule has 1 N–H and O–H groups in total. The molecule has 31 heavy (non-hydrogen) atoms. The molecule has 2 aromatic carbocycles. The van der Waals surface area contributed by atoms with Gasteiger partial charge >= 0.3 is 0 Å². The van der Waals surface area contributed by atoms with Gasteiger partial charge in [-0.25, -0.2) is 9.37 Å². The topological polar surface area (TPSA) is 72.9 Å². The number of aryl methyl sites for hydroxylation is 2. The third kappa shape index (κ3) is 3.55. The summed E-state index contributed by atoms with van der Waals surface area (Å²) in [6.07, 6.45) is 1.01. The lowest BCUT2D eigenvalue weighted by atomic mass is 9.96. The smallest absolute Gasteiger partial charge is 0.263 e. The van der Waals surface area contributed by atoms with Crippen LogP contribution in [0.25, 0.3) is 27.8 Å². The molecule has 4 rings (SSSR count). The Kier molecular flexibility index (Phi) is 5.23. The van der Waals surface area contributed by atoms with Gasteiger partial charge in [-0.2, -0.15) is 5.10 Å². The maximum Gasteiger partial charge on any atom is 0.263 e. The van der Waals surface area contributed by atoms with Crippen molar-refractivity contribution in [3.05, 3.63) is 75.7 Å². The van der Waals surface area contributed by atoms with Crippen molar-refractivity contribution in [1.82, 2.24) is 19.3 Å². The number of rotatable bonds is 4. The Labute approximate surface area is 179 Å². The summed E-state index contributed by atoms with van der Waals surface area (Å²) in [5, 5.41) is 15.1. The average Bonchev–Trinajstić information content (AvgIpc) is 3.10. The van der Waals surface area contributed by atoms with Crippen LogP contribution in [0.5, 0.6) is 0 Å². The van der Waals surface area contributed by atoms with Crippen LogP contribution in [0.1, 0.15) is 49.7 Å². The van der Waals surface area contributed by atoms with E-state index >= 15 is 4.39 Å². The van der Waals surface area contributed by atoms with Crippen molar-refractivity contribution in [2.45, 2.75) is 39.7 Å². The molecule has 0 spiro atoms. The normalized spacial score (nSPS) is 12.6. The van der Waals surface area contributed by atoms with Crippen molar-refractivity contribution in [1.29, 1.82) is 0 Å². The van der Waals surface area contributed by atoms with E-state index in [9.17, 15) is 9.90 Å². The van der Waals surface area contributed by atoms with Gasteiger partial charge in [0.2, 0.25) is 0 Å². The van der Waals surface area contributed by atoms with E-state index < -0.39 is 11.9 Å². The van der Waals surface area contributed by atoms with Gasteiger partial charge in [0.1, 0.15) is 11.9 Å². The van der Waals surface area contributed by atoms with Crippen LogP contribution in [0.2, 0.25) is 0 Å². The maximum absolute atomic E-state index is 15.2. The van der Waals surface area contributed by atoms with Crippen LogP contribution in [0.3, 0.4) is 0 Å². The van der Waals surface area contributed by atoms with E-state index in [1.165, 1.54) is 10.7 Å². The van der Waals surface area contributed by atoms with Crippen molar-refractivity contribution >= 4 is 10.8 Å². The van der Waals surface area contributed by atoms with Gasteiger partial charge < -0.3 is 5.11 Å². The number of hydrogen-bond donors (Lipinski definition) is 1. The van der Waals surface area contributed by atoms with Crippen LogP contribution in [0.15, 0.2) is 47.4 Å². The largest absolute Gasteiger partial charge is 0.385 e. The predicted octanol–water partition coefficient (Wildman–Crippen LogP) is 4.41. The highest BCUT2D eigenvalue weighted by Crippen LogP contribution is 2.31. The lowest BCUT2D eigenvalue weighted by molar-refractivity contribution is 0.184. The number of para-hydroxylation sites is 1. The molecule has 2 aromatic heterocycles. The number of fused-ring (bicyclic) bond motifs is 1. The van der Waals surface area contributed by atoms with E-state index in [-0.39, 0.29) is 22.9 Å². The van der Waals surface area contributed by atoms with E-state index in [0.29, 0.717) is 16.6 Å². The molecule has 0 aliphatic carbocycles. The Morgan fingerprint density at radius 1 is 1.10 bits per heavy atom. The van der Waals surface area contributed by atoms with Gasteiger partial charge in [0, 0.05) is 13.2 Å². The third-order valence-corrected chi connectivity index (χ3v) is 5.54. The van der Waals surface area contributed by atoms with Crippen LogP contribution in [0, 0.1) is 12.7 Å². The van der Waals surface area contributed by atoms with Crippen LogP contribution < -0.4 is 5.56 Å². The first kappa shape index (κ1) is 20.9. The van der Waals surface area contributed by atoms with Gasteiger partial charge in [0.05, 0.1) is 16.6 Å². The molecular formula is C24H25FN4O2. The molecule has 0 aliphatic heterocycles. The van der Waals surface area contributed by atoms with Crippen LogP contribution >= 0.6 is 0 Å². The summed E-state index contributed by atoms with van der Waals surface area (Å²) in [5.41, 5.74) is 2.57. The number of halogens is 1. The SMILES string of the molecule is Cc1ccccc1-n1cc(C(C)C)c2cc(-c3nc(C(C)O)n(C)n3)c(F)cc2c1=O. The zero-order valence-corrected chi connectivity index (χ0v) is 18.2. The number of nitrogens with zero attached hydrogens (tertiary/aromatic N) is 4. The second kappa shape index (κ2) is 7.74. The molecule has 6 nitrogen and oxygen atoms in total. The van der Waals surface area contributed by atoms with Crippen molar-refractivity contribution in [2.75, 3.05) is 0 Å². The van der Waals surface area contributed by atoms with Crippen molar-refractivity contribution in [3.63, 3.8) is 0 Å². The first-order valence-electron chi connectivity index (χ1n) is 10.2. The molecule has 0 saturated heterocycles. The Balaban J connectivity index is 2.02. The second-order valence-electron chi connectivity index (χ2n) is 8.17. The van der Waals surface area contributed by atoms with E-state index in [1.54, 1.807) is 24.6 Å². The maximum atomic E-state index is 15.2. The number of hydrogen-bond acceptors (Lipinski definition) is 4. The Morgan fingerprint density at radius 2 is 1.81 bits per heavy atom. The minimum absolute atomic E-state index is 0.0985. The van der Waals surface area contributed by atoms with Gasteiger partial charge in [0.15, 0.2) is 11.6 Å². The van der Waals surface area contributed by atoms with E-state index in [0.717, 1.165) is 16.8 Å². The number of aliphatic hydroxyl groups excluding tert-OH is 1. The summed E-state index contributed by atoms with van der Waals surface area (Å²) in [6, 6.07) is 10.5. The zero-order chi connectivity index (χ0) is 22.4. The number of pyridine rings is 1. The van der Waals surface area contributed by atoms with Crippen molar-refractivity contribution in [2.24, 2.45) is 7.05 Å². The molecule has 2 heterocycles. The average molecular weight is 420 g/mol. The van der Waals surface area contributed by atoms with Gasteiger partial charge in [-0.3, -0.25) is 14.0 Å². The summed E-state index contributed by atoms with van der Waals surface area (Å²) in [5.74, 6) is 0.0371. The molecule has 0 saturated carbocycles. The number of aliphatic hydroxyl groups is 1. The lowest BCUT2D eigenvalue weighted by Crippen LogP contribution is -2.20. The number of benzene rings is 2. The lowest BCUT2D eigenvalue weighted by Gasteiger charge is -2.17. The fourth-order valence-corrected chi connectivity index (χ4v) is 3.90. The summed E-state index contributed by atoms with van der Waals surface area (Å²) in [7, 11) is 1.65. The molecule has 7 heteroatoms. The molecule has 0 radical (unpaired) electrons. The molecule has 160 valence electrons. The van der Waals surface area contributed by atoms with Crippen LogP contribution in [0.4, 0.5) is 4.39 Å². The highest BCUT2D eigenvalue weighted by atomic mass is 19.1. The predicted molar refractivity (Wildman–Crippen MR) is 119 cm³/mol. The Bertz CT molecular complexity index is 1350. The highest BCUT2D eigenvalue weighted by molar-refractivity contribution is 5.89. The minimum atomic E-state index is -0.831. The van der Waals surface area contributed by atoms with E-state index in [1.807, 2.05) is 51.2 Å². The molecule has 0 fully saturated rings. The van der Waals surface area contributed by atoms with Gasteiger partial charge in [-0.15, -0.1) is 0 Å². The van der Waals surface area contributed by atoms with E-state index in [2.05, 4.69) is 10.1 Å². The quantitative estimate of drug-likeness (QED) is 0.531. The summed E-state index contributed by atoms with van der Waals surface area (Å²) in [6.45, 7) is 7.59. The van der Waals surface area contributed by atoms with Crippen LogP contribution in [-0.4, -0.2) is 24.4 Å². The highest BCUT2D eigenvalue weighted by Gasteiger charge is 2.20. The van der Waals surface area contributed by atoms with Crippen molar-refractivity contribution < 1.29 is 9.50 Å². The monoisotopic (exact) mass is 420 g/mol. The number of aromatic nitrogens is 4. The van der Waals surface area contributed by atoms with Gasteiger partial charge in [0.25, 0.3) is 5.56 Å². The second-order valence-corrected chi connectivity index (χ2v) is 8.17. The molecular weight excluding hydrogens is 395 g/mol. The minimum Gasteiger partial charge on any atom is -0.385 e.